The Morgan fingerprint density at radius 3 is 2.08 bits per heavy atom. The van der Waals surface area contributed by atoms with Gasteiger partial charge in [0.2, 0.25) is 5.91 Å². The fourth-order valence-electron chi connectivity index (χ4n) is 1.94. The number of hydrogen-bond acceptors (Lipinski definition) is 2. The van der Waals surface area contributed by atoms with Crippen molar-refractivity contribution in [2.45, 2.75) is 12.6 Å². The molecule has 0 atom stereocenters. The van der Waals surface area contributed by atoms with E-state index in [1.165, 1.54) is 12.1 Å². The molecule has 0 aliphatic rings. The molecule has 24 heavy (non-hydrogen) atoms. The van der Waals surface area contributed by atoms with Gasteiger partial charge in [-0.3, -0.25) is 4.79 Å². The van der Waals surface area contributed by atoms with Gasteiger partial charge in [-0.1, -0.05) is 23.2 Å². The third kappa shape index (κ3) is 5.62. The summed E-state index contributed by atoms with van der Waals surface area (Å²) in [5, 5.41) is 6.47. The summed E-state index contributed by atoms with van der Waals surface area (Å²) in [4.78, 5) is 11.8. The molecule has 0 bridgehead atoms. The third-order valence-corrected chi connectivity index (χ3v) is 3.48. The third-order valence-electron chi connectivity index (χ3n) is 3.04. The SMILES string of the molecule is O=C(CCNc1cc(Cl)cc(Cl)c1)Nc1ccc(C(F)(F)F)cc1. The van der Waals surface area contributed by atoms with Crippen LogP contribution in [0.3, 0.4) is 0 Å². The van der Waals surface area contributed by atoms with Gasteiger partial charge in [0.25, 0.3) is 0 Å². The van der Waals surface area contributed by atoms with Crippen LogP contribution in [0.4, 0.5) is 24.5 Å². The van der Waals surface area contributed by atoms with Crippen LogP contribution in [0.5, 0.6) is 0 Å². The van der Waals surface area contributed by atoms with E-state index in [0.29, 0.717) is 28.0 Å². The highest BCUT2D eigenvalue weighted by Crippen LogP contribution is 2.29. The molecular weight excluding hydrogens is 364 g/mol. The zero-order valence-electron chi connectivity index (χ0n) is 12.3. The van der Waals surface area contributed by atoms with Crippen molar-refractivity contribution < 1.29 is 18.0 Å². The maximum absolute atomic E-state index is 12.5. The van der Waals surface area contributed by atoms with Crippen LogP contribution in [0.15, 0.2) is 42.5 Å². The molecule has 0 saturated carbocycles. The van der Waals surface area contributed by atoms with Crippen molar-refractivity contribution in [3.8, 4) is 0 Å². The predicted molar refractivity (Wildman–Crippen MR) is 89.6 cm³/mol. The van der Waals surface area contributed by atoms with Crippen molar-refractivity contribution in [3.05, 3.63) is 58.1 Å². The number of nitrogens with one attached hydrogen (secondary N) is 2. The second-order valence-corrected chi connectivity index (χ2v) is 5.83. The van der Waals surface area contributed by atoms with Crippen LogP contribution in [0, 0.1) is 0 Å². The summed E-state index contributed by atoms with van der Waals surface area (Å²) in [5.41, 5.74) is 0.216. The van der Waals surface area contributed by atoms with Gasteiger partial charge in [0.05, 0.1) is 5.56 Å². The molecular formula is C16H13Cl2F3N2O. The first-order chi connectivity index (χ1) is 11.2. The number of rotatable bonds is 5. The van der Waals surface area contributed by atoms with Gasteiger partial charge < -0.3 is 10.6 Å². The summed E-state index contributed by atoms with van der Waals surface area (Å²) in [5.74, 6) is -0.324. The van der Waals surface area contributed by atoms with Crippen LogP contribution in [-0.4, -0.2) is 12.5 Å². The van der Waals surface area contributed by atoms with Crippen molar-refractivity contribution >= 4 is 40.5 Å². The van der Waals surface area contributed by atoms with E-state index in [2.05, 4.69) is 10.6 Å². The first-order valence-corrected chi connectivity index (χ1v) is 7.67. The molecule has 2 aromatic rings. The molecule has 3 nitrogen and oxygen atoms in total. The second kappa shape index (κ2) is 7.77. The highest BCUT2D eigenvalue weighted by atomic mass is 35.5. The average molecular weight is 377 g/mol. The zero-order valence-corrected chi connectivity index (χ0v) is 13.8. The minimum Gasteiger partial charge on any atom is -0.384 e. The van der Waals surface area contributed by atoms with Crippen LogP contribution < -0.4 is 10.6 Å². The van der Waals surface area contributed by atoms with Gasteiger partial charge in [0.1, 0.15) is 0 Å². The minimum absolute atomic E-state index is 0.130. The Bertz CT molecular complexity index is 698. The van der Waals surface area contributed by atoms with Crippen molar-refractivity contribution in [2.24, 2.45) is 0 Å². The second-order valence-electron chi connectivity index (χ2n) is 4.96. The molecule has 2 rings (SSSR count). The number of alkyl halides is 3. The van der Waals surface area contributed by atoms with Crippen LogP contribution in [0.2, 0.25) is 10.0 Å². The fraction of sp³-hybridized carbons (Fsp3) is 0.188. The zero-order chi connectivity index (χ0) is 17.7. The molecule has 0 saturated heterocycles. The number of benzene rings is 2. The predicted octanol–water partition coefficient (Wildman–Crippen LogP) is 5.45. The lowest BCUT2D eigenvalue weighted by Gasteiger charge is -2.10. The monoisotopic (exact) mass is 376 g/mol. The highest BCUT2D eigenvalue weighted by molar-refractivity contribution is 6.35. The summed E-state index contributed by atoms with van der Waals surface area (Å²) in [6, 6.07) is 9.19. The van der Waals surface area contributed by atoms with E-state index >= 15 is 0 Å². The van der Waals surface area contributed by atoms with Gasteiger partial charge in [-0.15, -0.1) is 0 Å². The number of anilines is 2. The van der Waals surface area contributed by atoms with Crippen molar-refractivity contribution in [3.63, 3.8) is 0 Å². The molecule has 0 radical (unpaired) electrons. The van der Waals surface area contributed by atoms with Gasteiger partial charge in [0.15, 0.2) is 0 Å². The lowest BCUT2D eigenvalue weighted by molar-refractivity contribution is -0.137. The van der Waals surface area contributed by atoms with E-state index in [-0.39, 0.29) is 12.3 Å². The van der Waals surface area contributed by atoms with E-state index in [4.69, 9.17) is 23.2 Å². The van der Waals surface area contributed by atoms with Gasteiger partial charge in [-0.2, -0.15) is 13.2 Å². The molecule has 0 heterocycles. The standard InChI is InChI=1S/C16H13Cl2F3N2O/c17-11-7-12(18)9-14(8-11)22-6-5-15(24)23-13-3-1-10(2-4-13)16(19,20)21/h1-4,7-9,22H,5-6H2,(H,23,24). The maximum atomic E-state index is 12.5. The summed E-state index contributed by atoms with van der Waals surface area (Å²) in [7, 11) is 0. The lowest BCUT2D eigenvalue weighted by atomic mass is 10.2. The smallest absolute Gasteiger partial charge is 0.384 e. The largest absolute Gasteiger partial charge is 0.416 e. The van der Waals surface area contributed by atoms with Gasteiger partial charge in [0, 0.05) is 34.4 Å². The van der Waals surface area contributed by atoms with Gasteiger partial charge in [-0.05, 0) is 42.5 Å². The Kier molecular flexibility index (Phi) is 5.96. The normalized spacial score (nSPS) is 11.2. The lowest BCUT2D eigenvalue weighted by Crippen LogP contribution is -2.16. The van der Waals surface area contributed by atoms with E-state index < -0.39 is 11.7 Å². The first kappa shape index (κ1) is 18.4. The Hall–Kier alpha value is -1.92. The van der Waals surface area contributed by atoms with Crippen LogP contribution in [0.1, 0.15) is 12.0 Å². The average Bonchev–Trinajstić information content (AvgIpc) is 2.45. The first-order valence-electron chi connectivity index (χ1n) is 6.91. The molecule has 0 aliphatic carbocycles. The van der Waals surface area contributed by atoms with Crippen LogP contribution in [-0.2, 0) is 11.0 Å². The number of hydrogen-bond donors (Lipinski definition) is 2. The number of carbonyl (C=O) groups excluding carboxylic acids is 1. The summed E-state index contributed by atoms with van der Waals surface area (Å²) >= 11 is 11.7. The van der Waals surface area contributed by atoms with Crippen molar-refractivity contribution in [1.29, 1.82) is 0 Å². The highest BCUT2D eigenvalue weighted by Gasteiger charge is 2.29. The molecule has 0 unspecified atom stereocenters. The Morgan fingerprint density at radius 1 is 0.958 bits per heavy atom. The molecule has 0 spiro atoms. The summed E-state index contributed by atoms with van der Waals surface area (Å²) in [6.07, 6.45) is -4.27. The van der Waals surface area contributed by atoms with E-state index in [1.54, 1.807) is 18.2 Å². The van der Waals surface area contributed by atoms with Gasteiger partial charge >= 0.3 is 6.18 Å². The molecule has 8 heteroatoms. The molecule has 1 amide bonds. The number of amides is 1. The Labute approximate surface area is 146 Å². The number of halogens is 5. The summed E-state index contributed by atoms with van der Waals surface area (Å²) < 4.78 is 37.4. The molecule has 0 aromatic heterocycles. The van der Waals surface area contributed by atoms with Crippen LogP contribution in [0.25, 0.3) is 0 Å². The molecule has 2 aromatic carbocycles. The Morgan fingerprint density at radius 2 is 1.54 bits per heavy atom. The maximum Gasteiger partial charge on any atom is 0.416 e. The van der Waals surface area contributed by atoms with Crippen LogP contribution >= 0.6 is 23.2 Å². The minimum atomic E-state index is -4.40. The quantitative estimate of drug-likeness (QED) is 0.727. The molecule has 0 fully saturated rings. The fourth-order valence-corrected chi connectivity index (χ4v) is 2.47. The van der Waals surface area contributed by atoms with Crippen molar-refractivity contribution in [1.82, 2.24) is 0 Å². The number of carbonyl (C=O) groups is 1. The Balaban J connectivity index is 1.83. The molecule has 2 N–H and O–H groups in total. The van der Waals surface area contributed by atoms with Crippen molar-refractivity contribution in [2.75, 3.05) is 17.2 Å². The van der Waals surface area contributed by atoms with Gasteiger partial charge in [-0.25, -0.2) is 0 Å². The molecule has 0 aliphatic heterocycles. The van der Waals surface area contributed by atoms with E-state index in [0.717, 1.165) is 12.1 Å². The topological polar surface area (TPSA) is 41.1 Å². The summed E-state index contributed by atoms with van der Waals surface area (Å²) in [6.45, 7) is 0.323. The van der Waals surface area contributed by atoms with E-state index in [1.807, 2.05) is 0 Å². The van der Waals surface area contributed by atoms with E-state index in [9.17, 15) is 18.0 Å². The molecule has 128 valence electrons.